The van der Waals surface area contributed by atoms with Gasteiger partial charge in [0, 0.05) is 18.8 Å². The largest absolute Gasteiger partial charge is 0.467 e. The summed E-state index contributed by atoms with van der Waals surface area (Å²) < 4.78 is 5.18. The van der Waals surface area contributed by atoms with Crippen LogP contribution in [0.4, 0.5) is 16.2 Å². The summed E-state index contributed by atoms with van der Waals surface area (Å²) in [6.07, 6.45) is 2.19. The number of halogens is 1. The van der Waals surface area contributed by atoms with Crippen LogP contribution in [-0.2, 0) is 13.0 Å². The van der Waals surface area contributed by atoms with Crippen molar-refractivity contribution in [3.63, 3.8) is 0 Å². The molecule has 3 amide bonds. The second-order valence-corrected chi connectivity index (χ2v) is 5.54. The second kappa shape index (κ2) is 8.04. The molecule has 0 atom stereocenters. The lowest BCUT2D eigenvalue weighted by atomic mass is 10.1. The first-order valence-corrected chi connectivity index (χ1v) is 7.89. The molecule has 0 saturated heterocycles. The number of carbonyl (C=O) groups excluding carboxylic acids is 2. The maximum atomic E-state index is 12.3. The maximum Gasteiger partial charge on any atom is 0.321 e. The second-order valence-electron chi connectivity index (χ2n) is 5.54. The van der Waals surface area contributed by atoms with Crippen molar-refractivity contribution in [3.8, 4) is 0 Å². The van der Waals surface area contributed by atoms with Crippen molar-refractivity contribution in [2.75, 3.05) is 23.3 Å². The first-order valence-electron chi connectivity index (χ1n) is 7.89. The van der Waals surface area contributed by atoms with Crippen LogP contribution in [0.1, 0.15) is 28.6 Å². The fraction of sp³-hybridized carbons (Fsp3) is 0.294. The third kappa shape index (κ3) is 3.94. The van der Waals surface area contributed by atoms with E-state index in [9.17, 15) is 9.59 Å². The van der Waals surface area contributed by atoms with Gasteiger partial charge in [-0.25, -0.2) is 4.79 Å². The molecule has 7 nitrogen and oxygen atoms in total. The van der Waals surface area contributed by atoms with E-state index in [-0.39, 0.29) is 30.9 Å². The maximum absolute atomic E-state index is 12.3. The smallest absolute Gasteiger partial charge is 0.321 e. The highest BCUT2D eigenvalue weighted by Crippen LogP contribution is 2.31. The van der Waals surface area contributed by atoms with Crippen LogP contribution < -0.4 is 21.3 Å². The van der Waals surface area contributed by atoms with Crippen LogP contribution in [0.15, 0.2) is 34.9 Å². The zero-order valence-electron chi connectivity index (χ0n) is 13.9. The topological polar surface area (TPSA) is 101 Å². The molecule has 8 heteroatoms. The number of hydrogen-bond acceptors (Lipinski definition) is 4. The van der Waals surface area contributed by atoms with Gasteiger partial charge in [-0.15, -0.1) is 12.4 Å². The molecule has 1 aromatic carbocycles. The molecule has 0 spiro atoms. The van der Waals surface area contributed by atoms with E-state index in [2.05, 4.69) is 10.6 Å². The summed E-state index contributed by atoms with van der Waals surface area (Å²) in [4.78, 5) is 26.1. The lowest BCUT2D eigenvalue weighted by molar-refractivity contribution is 0.102. The van der Waals surface area contributed by atoms with Gasteiger partial charge in [-0.2, -0.15) is 0 Å². The van der Waals surface area contributed by atoms with Gasteiger partial charge in [0.05, 0.1) is 17.8 Å². The number of hydrogen-bond donors (Lipinski definition) is 3. The van der Waals surface area contributed by atoms with E-state index >= 15 is 0 Å². The number of fused-ring (bicyclic) bond motifs is 1. The lowest BCUT2D eigenvalue weighted by Gasteiger charge is -2.18. The fourth-order valence-corrected chi connectivity index (χ4v) is 2.72. The normalized spacial score (nSPS) is 12.3. The minimum Gasteiger partial charge on any atom is -0.467 e. The van der Waals surface area contributed by atoms with E-state index in [0.29, 0.717) is 30.1 Å². The summed E-state index contributed by atoms with van der Waals surface area (Å²) in [7, 11) is 0. The number of benzene rings is 1. The summed E-state index contributed by atoms with van der Waals surface area (Å²) >= 11 is 0. The molecule has 0 unspecified atom stereocenters. The standard InChI is InChI=1S/C17H20N4O3.ClH/c1-2-19-17(23)21-6-5-11-3-4-13(8-15(11)21)20-16(22)12-7-14(9-18)24-10-12;/h3-4,7-8,10H,2,5-6,9,18H2,1H3,(H,19,23)(H,20,22);1H. The molecular weight excluding hydrogens is 344 g/mol. The van der Waals surface area contributed by atoms with E-state index in [0.717, 1.165) is 17.7 Å². The number of anilines is 2. The predicted octanol–water partition coefficient (Wildman–Crippen LogP) is 2.50. The van der Waals surface area contributed by atoms with Crippen LogP contribution in [0, 0.1) is 0 Å². The van der Waals surface area contributed by atoms with Crippen LogP contribution in [0.5, 0.6) is 0 Å². The van der Waals surface area contributed by atoms with Crippen molar-refractivity contribution in [1.82, 2.24) is 5.32 Å². The fourth-order valence-electron chi connectivity index (χ4n) is 2.72. The Kier molecular flexibility index (Phi) is 6.06. The van der Waals surface area contributed by atoms with Crippen LogP contribution in [0.2, 0.25) is 0 Å². The number of nitrogens with zero attached hydrogens (tertiary/aromatic N) is 1. The van der Waals surface area contributed by atoms with E-state index in [1.54, 1.807) is 11.0 Å². The first kappa shape index (κ1) is 18.8. The van der Waals surface area contributed by atoms with Crippen molar-refractivity contribution in [2.24, 2.45) is 5.73 Å². The van der Waals surface area contributed by atoms with Crippen LogP contribution in [-0.4, -0.2) is 25.0 Å². The van der Waals surface area contributed by atoms with E-state index in [1.807, 2.05) is 25.1 Å². The monoisotopic (exact) mass is 364 g/mol. The number of rotatable bonds is 4. The summed E-state index contributed by atoms with van der Waals surface area (Å²) in [6, 6.07) is 7.08. The molecule has 0 saturated carbocycles. The van der Waals surface area contributed by atoms with Crippen LogP contribution in [0.25, 0.3) is 0 Å². The Labute approximate surface area is 152 Å². The Hall–Kier alpha value is -2.51. The van der Waals surface area contributed by atoms with Crippen LogP contribution >= 0.6 is 12.4 Å². The molecule has 1 aromatic heterocycles. The Bertz CT molecular complexity index is 775. The highest BCUT2D eigenvalue weighted by Gasteiger charge is 2.24. The lowest BCUT2D eigenvalue weighted by Crippen LogP contribution is -2.38. The zero-order chi connectivity index (χ0) is 17.1. The van der Waals surface area contributed by atoms with Crippen LogP contribution in [0.3, 0.4) is 0 Å². The summed E-state index contributed by atoms with van der Waals surface area (Å²) in [5, 5.41) is 5.62. The molecule has 0 radical (unpaired) electrons. The number of furan rings is 1. The number of amides is 3. The number of carbonyl (C=O) groups is 2. The third-order valence-electron chi connectivity index (χ3n) is 3.93. The van der Waals surface area contributed by atoms with Crippen molar-refractivity contribution < 1.29 is 14.0 Å². The predicted molar refractivity (Wildman–Crippen MR) is 98.4 cm³/mol. The first-order chi connectivity index (χ1) is 11.6. The number of nitrogens with one attached hydrogen (secondary N) is 2. The van der Waals surface area contributed by atoms with Crippen molar-refractivity contribution >= 4 is 35.7 Å². The molecule has 0 bridgehead atoms. The van der Waals surface area contributed by atoms with E-state index < -0.39 is 0 Å². The molecule has 0 fully saturated rings. The Morgan fingerprint density at radius 3 is 2.80 bits per heavy atom. The summed E-state index contributed by atoms with van der Waals surface area (Å²) in [5.41, 5.74) is 8.44. The number of urea groups is 1. The molecule has 2 aromatic rings. The number of nitrogens with two attached hydrogens (primary N) is 1. The van der Waals surface area contributed by atoms with Gasteiger partial charge in [-0.3, -0.25) is 9.69 Å². The molecule has 1 aliphatic rings. The summed E-state index contributed by atoms with van der Waals surface area (Å²) in [6.45, 7) is 3.34. The average Bonchev–Trinajstić information content (AvgIpc) is 3.21. The van der Waals surface area contributed by atoms with E-state index in [1.165, 1.54) is 6.26 Å². The van der Waals surface area contributed by atoms with Gasteiger partial charge in [0.2, 0.25) is 0 Å². The molecule has 25 heavy (non-hydrogen) atoms. The average molecular weight is 365 g/mol. The molecule has 1 aliphatic heterocycles. The minimum atomic E-state index is -0.277. The van der Waals surface area contributed by atoms with Gasteiger partial charge >= 0.3 is 6.03 Å². The molecule has 2 heterocycles. The quantitative estimate of drug-likeness (QED) is 0.775. The molecule has 4 N–H and O–H groups in total. The Morgan fingerprint density at radius 2 is 2.12 bits per heavy atom. The Balaban J connectivity index is 0.00000225. The highest BCUT2D eigenvalue weighted by atomic mass is 35.5. The summed E-state index contributed by atoms with van der Waals surface area (Å²) in [5.74, 6) is 0.275. The minimum absolute atomic E-state index is 0. The van der Waals surface area contributed by atoms with Gasteiger partial charge in [0.15, 0.2) is 0 Å². The van der Waals surface area contributed by atoms with Gasteiger partial charge in [0.1, 0.15) is 12.0 Å². The highest BCUT2D eigenvalue weighted by molar-refractivity contribution is 6.05. The van der Waals surface area contributed by atoms with Crippen molar-refractivity contribution in [1.29, 1.82) is 0 Å². The zero-order valence-corrected chi connectivity index (χ0v) is 14.7. The third-order valence-corrected chi connectivity index (χ3v) is 3.93. The SMILES string of the molecule is CCNC(=O)N1CCc2ccc(NC(=O)c3coc(CN)c3)cc21.Cl. The molecule has 0 aliphatic carbocycles. The van der Waals surface area contributed by atoms with Crippen molar-refractivity contribution in [3.05, 3.63) is 47.4 Å². The molecule has 3 rings (SSSR count). The van der Waals surface area contributed by atoms with Gasteiger partial charge in [-0.1, -0.05) is 6.07 Å². The van der Waals surface area contributed by atoms with Gasteiger partial charge < -0.3 is 20.8 Å². The van der Waals surface area contributed by atoms with Crippen molar-refractivity contribution in [2.45, 2.75) is 19.9 Å². The van der Waals surface area contributed by atoms with Gasteiger partial charge in [0.25, 0.3) is 5.91 Å². The molecular formula is C17H21ClN4O3. The Morgan fingerprint density at radius 1 is 1.32 bits per heavy atom. The molecule has 134 valence electrons. The van der Waals surface area contributed by atoms with E-state index in [4.69, 9.17) is 10.2 Å². The van der Waals surface area contributed by atoms with Gasteiger partial charge in [-0.05, 0) is 37.1 Å².